The summed E-state index contributed by atoms with van der Waals surface area (Å²) in [6.45, 7) is 0.502. The highest BCUT2D eigenvalue weighted by molar-refractivity contribution is 6.08. The molecule has 6 nitrogen and oxygen atoms in total. The van der Waals surface area contributed by atoms with Crippen molar-refractivity contribution in [1.82, 2.24) is 19.7 Å². The van der Waals surface area contributed by atoms with Gasteiger partial charge in [0.05, 0.1) is 0 Å². The summed E-state index contributed by atoms with van der Waals surface area (Å²) < 4.78 is 15.1. The van der Waals surface area contributed by atoms with Crippen molar-refractivity contribution < 1.29 is 14.3 Å². The lowest BCUT2D eigenvalue weighted by atomic mass is 10.0. The Labute approximate surface area is 178 Å². The first-order valence-electron chi connectivity index (χ1n) is 9.86. The molecular weight excluding hydrogens is 395 g/mol. The summed E-state index contributed by atoms with van der Waals surface area (Å²) in [6, 6.07) is 16.3. The van der Waals surface area contributed by atoms with E-state index >= 15 is 0 Å². The van der Waals surface area contributed by atoms with Gasteiger partial charge in [0.1, 0.15) is 12.1 Å². The smallest absolute Gasteiger partial charge is 0.215 e. The van der Waals surface area contributed by atoms with Gasteiger partial charge in [-0.25, -0.2) is 9.37 Å². The van der Waals surface area contributed by atoms with Gasteiger partial charge in [0.15, 0.2) is 11.5 Å². The normalized spacial score (nSPS) is 11.6. The standard InChI is InChI=1S/C24H21FN4O2/c25-20-10-7-18(8-11-20)13-29-14-19(9-6-17-4-2-1-3-5-17)21(15-29)22(30)12-23(31)24-26-16-27-28-24/h1-5,7-8,10-12,14-16,31H,6,9,13H2,(H,26,27,28). The van der Waals surface area contributed by atoms with E-state index in [0.717, 1.165) is 23.6 Å². The summed E-state index contributed by atoms with van der Waals surface area (Å²) in [4.78, 5) is 16.8. The van der Waals surface area contributed by atoms with Crippen LogP contribution in [0.4, 0.5) is 4.39 Å². The first-order valence-corrected chi connectivity index (χ1v) is 9.86. The molecule has 2 heterocycles. The predicted molar refractivity (Wildman–Crippen MR) is 115 cm³/mol. The number of aliphatic hydroxyl groups excluding tert-OH is 1. The maximum Gasteiger partial charge on any atom is 0.215 e. The van der Waals surface area contributed by atoms with Gasteiger partial charge in [-0.1, -0.05) is 42.5 Å². The number of hydrogen-bond donors (Lipinski definition) is 2. The number of ketones is 1. The molecule has 31 heavy (non-hydrogen) atoms. The fraction of sp³-hybridized carbons (Fsp3) is 0.125. The summed E-state index contributed by atoms with van der Waals surface area (Å²) in [7, 11) is 0. The lowest BCUT2D eigenvalue weighted by Crippen LogP contribution is -2.01. The average Bonchev–Trinajstić information content (AvgIpc) is 3.45. The molecule has 0 amide bonds. The topological polar surface area (TPSA) is 83.8 Å². The fourth-order valence-corrected chi connectivity index (χ4v) is 3.39. The van der Waals surface area contributed by atoms with Gasteiger partial charge in [-0.3, -0.25) is 9.89 Å². The van der Waals surface area contributed by atoms with Gasteiger partial charge in [0.2, 0.25) is 5.82 Å². The largest absolute Gasteiger partial charge is 0.504 e. The van der Waals surface area contributed by atoms with Crippen LogP contribution in [0.3, 0.4) is 0 Å². The number of aliphatic hydroxyl groups is 1. The van der Waals surface area contributed by atoms with Crippen LogP contribution < -0.4 is 0 Å². The molecule has 156 valence electrons. The van der Waals surface area contributed by atoms with Crippen molar-refractivity contribution in [1.29, 1.82) is 0 Å². The van der Waals surface area contributed by atoms with Gasteiger partial charge < -0.3 is 9.67 Å². The highest BCUT2D eigenvalue weighted by Crippen LogP contribution is 2.19. The minimum Gasteiger partial charge on any atom is -0.504 e. The van der Waals surface area contributed by atoms with Crippen molar-refractivity contribution >= 4 is 11.5 Å². The van der Waals surface area contributed by atoms with Gasteiger partial charge in [0, 0.05) is 30.6 Å². The molecule has 0 atom stereocenters. The number of nitrogens with one attached hydrogen (secondary N) is 1. The van der Waals surface area contributed by atoms with Crippen LogP contribution in [-0.2, 0) is 19.4 Å². The van der Waals surface area contributed by atoms with E-state index in [1.54, 1.807) is 18.3 Å². The molecule has 4 rings (SSSR count). The van der Waals surface area contributed by atoms with Crippen molar-refractivity contribution in [3.8, 4) is 0 Å². The number of aromatic amines is 1. The number of carbonyl (C=O) groups is 1. The Bertz CT molecular complexity index is 1180. The molecule has 0 bridgehead atoms. The van der Waals surface area contributed by atoms with E-state index in [1.807, 2.05) is 41.1 Å². The van der Waals surface area contributed by atoms with E-state index in [2.05, 4.69) is 15.2 Å². The van der Waals surface area contributed by atoms with Crippen LogP contribution in [0.5, 0.6) is 0 Å². The number of benzene rings is 2. The number of H-pyrrole nitrogens is 1. The van der Waals surface area contributed by atoms with Crippen LogP contribution in [-0.4, -0.2) is 30.6 Å². The van der Waals surface area contributed by atoms with E-state index < -0.39 is 0 Å². The minimum absolute atomic E-state index is 0.0601. The van der Waals surface area contributed by atoms with Crippen molar-refractivity contribution in [2.75, 3.05) is 0 Å². The van der Waals surface area contributed by atoms with Crippen LogP contribution in [0.2, 0.25) is 0 Å². The Morgan fingerprint density at radius 1 is 1.03 bits per heavy atom. The third kappa shape index (κ3) is 5.14. The number of carbonyl (C=O) groups excluding carboxylic acids is 1. The fourth-order valence-electron chi connectivity index (χ4n) is 3.39. The van der Waals surface area contributed by atoms with Crippen molar-refractivity contribution in [2.24, 2.45) is 0 Å². The zero-order valence-corrected chi connectivity index (χ0v) is 16.7. The Hall–Kier alpha value is -4.00. The van der Waals surface area contributed by atoms with Gasteiger partial charge in [-0.2, -0.15) is 5.10 Å². The number of hydrogen-bond acceptors (Lipinski definition) is 4. The number of rotatable bonds is 8. The Morgan fingerprint density at radius 2 is 1.81 bits per heavy atom. The SMILES string of the molecule is O=C(C=C(O)c1nc[nH]n1)c1cn(Cc2ccc(F)cc2)cc1CCc1ccccc1. The van der Waals surface area contributed by atoms with Gasteiger partial charge in [-0.15, -0.1) is 0 Å². The van der Waals surface area contributed by atoms with Crippen LogP contribution in [0.25, 0.3) is 5.76 Å². The molecule has 0 aliphatic carbocycles. The van der Waals surface area contributed by atoms with Crippen molar-refractivity contribution in [2.45, 2.75) is 19.4 Å². The summed E-state index contributed by atoms with van der Waals surface area (Å²) >= 11 is 0. The molecule has 0 unspecified atom stereocenters. The Morgan fingerprint density at radius 3 is 2.52 bits per heavy atom. The molecule has 0 aliphatic heterocycles. The summed E-state index contributed by atoms with van der Waals surface area (Å²) in [5.41, 5.74) is 3.46. The molecular formula is C24H21FN4O2. The third-order valence-electron chi connectivity index (χ3n) is 4.94. The second-order valence-corrected chi connectivity index (χ2v) is 7.20. The van der Waals surface area contributed by atoms with Crippen LogP contribution in [0.1, 0.15) is 32.9 Å². The lowest BCUT2D eigenvalue weighted by Gasteiger charge is -2.03. The summed E-state index contributed by atoms with van der Waals surface area (Å²) in [6.07, 6.45) is 7.58. The second-order valence-electron chi connectivity index (χ2n) is 7.20. The average molecular weight is 416 g/mol. The summed E-state index contributed by atoms with van der Waals surface area (Å²) in [5.74, 6) is -0.858. The van der Waals surface area contributed by atoms with Gasteiger partial charge in [0.25, 0.3) is 0 Å². The highest BCUT2D eigenvalue weighted by atomic mass is 19.1. The molecule has 0 saturated heterocycles. The third-order valence-corrected chi connectivity index (χ3v) is 4.94. The van der Waals surface area contributed by atoms with E-state index in [1.165, 1.54) is 24.0 Å². The maximum absolute atomic E-state index is 13.2. The minimum atomic E-state index is -0.330. The highest BCUT2D eigenvalue weighted by Gasteiger charge is 2.16. The molecule has 2 N–H and O–H groups in total. The zero-order valence-electron chi connectivity index (χ0n) is 16.7. The van der Waals surface area contributed by atoms with E-state index in [9.17, 15) is 14.3 Å². The molecule has 0 fully saturated rings. The molecule has 7 heteroatoms. The van der Waals surface area contributed by atoms with Gasteiger partial charge in [-0.05, 0) is 41.7 Å². The number of aromatic nitrogens is 4. The van der Waals surface area contributed by atoms with E-state index in [4.69, 9.17) is 0 Å². The second kappa shape index (κ2) is 9.21. The number of halogens is 1. The molecule has 0 saturated carbocycles. The lowest BCUT2D eigenvalue weighted by molar-refractivity contribution is 0.104. The van der Waals surface area contributed by atoms with Gasteiger partial charge >= 0.3 is 0 Å². The van der Waals surface area contributed by atoms with Crippen LogP contribution in [0, 0.1) is 5.82 Å². The van der Waals surface area contributed by atoms with Crippen molar-refractivity contribution in [3.63, 3.8) is 0 Å². The van der Waals surface area contributed by atoms with E-state index in [-0.39, 0.29) is 23.2 Å². The molecule has 0 radical (unpaired) electrons. The molecule has 2 aromatic carbocycles. The van der Waals surface area contributed by atoms with Crippen LogP contribution in [0.15, 0.2) is 79.4 Å². The number of nitrogens with zero attached hydrogens (tertiary/aromatic N) is 3. The monoisotopic (exact) mass is 416 g/mol. The Kier molecular flexibility index (Phi) is 6.03. The molecule has 0 spiro atoms. The number of aryl methyl sites for hydroxylation is 2. The predicted octanol–water partition coefficient (Wildman–Crippen LogP) is 4.36. The Balaban J connectivity index is 1.60. The molecule has 2 aromatic heterocycles. The first kappa shape index (κ1) is 20.3. The van der Waals surface area contributed by atoms with Crippen LogP contribution >= 0.6 is 0 Å². The van der Waals surface area contributed by atoms with E-state index in [0.29, 0.717) is 18.5 Å². The first-order chi connectivity index (χ1) is 15.1. The zero-order chi connectivity index (χ0) is 21.6. The quantitative estimate of drug-likeness (QED) is 0.254. The maximum atomic E-state index is 13.2. The number of allylic oxidation sites excluding steroid dienone is 1. The molecule has 0 aliphatic rings. The summed E-state index contributed by atoms with van der Waals surface area (Å²) in [5, 5.41) is 16.5. The molecule has 4 aromatic rings. The van der Waals surface area contributed by atoms with Crippen molar-refractivity contribution in [3.05, 3.63) is 113 Å².